The van der Waals surface area contributed by atoms with Crippen LogP contribution < -0.4 is 15.3 Å². The lowest BCUT2D eigenvalue weighted by molar-refractivity contribution is 0.235. The van der Waals surface area contributed by atoms with Crippen molar-refractivity contribution in [1.29, 1.82) is 0 Å². The Morgan fingerprint density at radius 2 is 1.90 bits per heavy atom. The van der Waals surface area contributed by atoms with Gasteiger partial charge < -0.3 is 9.64 Å². The lowest BCUT2D eigenvalue weighted by Crippen LogP contribution is -2.47. The average Bonchev–Trinajstić information content (AvgIpc) is 2.73. The van der Waals surface area contributed by atoms with Crippen LogP contribution in [0.5, 0.6) is 5.88 Å². The lowest BCUT2D eigenvalue weighted by atomic mass is 10.2. The number of fused-ring (bicyclic) bond motifs is 1. The van der Waals surface area contributed by atoms with Gasteiger partial charge in [-0.15, -0.1) is 0 Å². The van der Waals surface area contributed by atoms with Gasteiger partial charge in [-0.25, -0.2) is 19.7 Å². The largest absolute Gasteiger partial charge is 0.474 e. The van der Waals surface area contributed by atoms with Gasteiger partial charge in [-0.05, 0) is 38.1 Å². The molecular weight excluding hydrogens is 368 g/mol. The van der Waals surface area contributed by atoms with Crippen LogP contribution >= 0.6 is 0 Å². The summed E-state index contributed by atoms with van der Waals surface area (Å²) in [7, 11) is 0. The maximum Gasteiger partial charge on any atom is 0.347 e. The first-order valence-electron chi connectivity index (χ1n) is 10.0. The van der Waals surface area contributed by atoms with Crippen LogP contribution in [0.3, 0.4) is 0 Å². The number of benzene rings is 1. The van der Waals surface area contributed by atoms with Gasteiger partial charge in [0.25, 0.3) is 0 Å². The van der Waals surface area contributed by atoms with E-state index < -0.39 is 0 Å². The Bertz CT molecular complexity index is 1030. The third kappa shape index (κ3) is 4.54. The number of ether oxygens (including phenoxy) is 1. The first-order chi connectivity index (χ1) is 14.1. The molecule has 0 spiro atoms. The molecule has 0 unspecified atom stereocenters. The number of nitrogens with zero attached hydrogens (tertiary/aromatic N) is 6. The predicted octanol–water partition coefficient (Wildman–Crippen LogP) is 1.80. The predicted molar refractivity (Wildman–Crippen MR) is 112 cm³/mol. The van der Waals surface area contributed by atoms with E-state index >= 15 is 0 Å². The minimum absolute atomic E-state index is 0.0626. The van der Waals surface area contributed by atoms with E-state index in [-0.39, 0.29) is 11.8 Å². The number of aromatic nitrogens is 4. The number of hydrogen-bond acceptors (Lipinski definition) is 7. The Kier molecular flexibility index (Phi) is 5.71. The molecule has 1 saturated heterocycles. The Balaban J connectivity index is 1.41. The summed E-state index contributed by atoms with van der Waals surface area (Å²) < 4.78 is 7.52. The second-order valence-electron chi connectivity index (χ2n) is 7.47. The zero-order chi connectivity index (χ0) is 20.2. The molecule has 2 aromatic heterocycles. The highest BCUT2D eigenvalue weighted by molar-refractivity contribution is 5.86. The van der Waals surface area contributed by atoms with E-state index in [2.05, 4.69) is 36.9 Å². The van der Waals surface area contributed by atoms with E-state index in [1.165, 1.54) is 6.20 Å². The minimum Gasteiger partial charge on any atom is -0.474 e. The standard InChI is InChI=1S/C21H26N6O2/c1-16(2)29-20-18-14-17(4-5-19(18)23-15-24-20)26-11-8-25(9-12-26)10-13-27-7-3-6-22-21(27)28/h3-7,14-16H,8-13H2,1-2H3. The van der Waals surface area contributed by atoms with Crippen molar-refractivity contribution < 1.29 is 4.74 Å². The van der Waals surface area contributed by atoms with Gasteiger partial charge in [0.1, 0.15) is 6.33 Å². The zero-order valence-corrected chi connectivity index (χ0v) is 16.9. The smallest absolute Gasteiger partial charge is 0.347 e. The third-order valence-electron chi connectivity index (χ3n) is 5.11. The Morgan fingerprint density at radius 1 is 1.07 bits per heavy atom. The van der Waals surface area contributed by atoms with E-state index in [1.807, 2.05) is 19.9 Å². The minimum atomic E-state index is -0.191. The molecule has 1 aliphatic heterocycles. The molecule has 3 heterocycles. The first kappa shape index (κ1) is 19.3. The molecular formula is C21H26N6O2. The van der Waals surface area contributed by atoms with Crippen LogP contribution in [0, 0.1) is 0 Å². The highest BCUT2D eigenvalue weighted by Gasteiger charge is 2.18. The van der Waals surface area contributed by atoms with Gasteiger partial charge in [0.05, 0.1) is 17.0 Å². The van der Waals surface area contributed by atoms with Crippen molar-refractivity contribution >= 4 is 16.6 Å². The molecule has 0 radical (unpaired) electrons. The van der Waals surface area contributed by atoms with Gasteiger partial charge in [-0.2, -0.15) is 0 Å². The van der Waals surface area contributed by atoms with Crippen molar-refractivity contribution in [1.82, 2.24) is 24.4 Å². The number of hydrogen-bond donors (Lipinski definition) is 0. The normalized spacial score (nSPS) is 15.2. The molecule has 0 bridgehead atoms. The third-order valence-corrected chi connectivity index (χ3v) is 5.11. The number of rotatable bonds is 6. The van der Waals surface area contributed by atoms with Crippen LogP contribution in [0.15, 0.2) is 47.8 Å². The van der Waals surface area contributed by atoms with Gasteiger partial charge in [0.15, 0.2) is 0 Å². The van der Waals surface area contributed by atoms with Crippen molar-refractivity contribution in [2.75, 3.05) is 37.6 Å². The van der Waals surface area contributed by atoms with Crippen LogP contribution in [0.1, 0.15) is 13.8 Å². The monoisotopic (exact) mass is 394 g/mol. The molecule has 8 nitrogen and oxygen atoms in total. The van der Waals surface area contributed by atoms with Crippen LogP contribution in [0.2, 0.25) is 0 Å². The molecule has 0 aliphatic carbocycles. The van der Waals surface area contributed by atoms with Crippen molar-refractivity contribution in [3.63, 3.8) is 0 Å². The summed E-state index contributed by atoms with van der Waals surface area (Å²) in [5.74, 6) is 0.632. The zero-order valence-electron chi connectivity index (χ0n) is 16.9. The maximum absolute atomic E-state index is 11.7. The Morgan fingerprint density at radius 3 is 2.66 bits per heavy atom. The van der Waals surface area contributed by atoms with E-state index in [0.717, 1.165) is 49.3 Å². The Hall–Kier alpha value is -3.00. The second kappa shape index (κ2) is 8.57. The molecule has 3 aromatic rings. The fraction of sp³-hybridized carbons (Fsp3) is 0.429. The summed E-state index contributed by atoms with van der Waals surface area (Å²) in [6, 6.07) is 8.05. The molecule has 0 N–H and O–H groups in total. The SMILES string of the molecule is CC(C)Oc1ncnc2ccc(N3CCN(CCn4cccnc4=O)CC3)cc12. The molecule has 1 aromatic carbocycles. The summed E-state index contributed by atoms with van der Waals surface area (Å²) in [6.07, 6.45) is 4.93. The van der Waals surface area contributed by atoms with E-state index in [0.29, 0.717) is 12.4 Å². The average molecular weight is 394 g/mol. The van der Waals surface area contributed by atoms with Crippen LogP contribution in [-0.2, 0) is 6.54 Å². The topological polar surface area (TPSA) is 76.4 Å². The summed E-state index contributed by atoms with van der Waals surface area (Å²) in [4.78, 5) is 29.0. The quantitative estimate of drug-likeness (QED) is 0.631. The number of piperazine rings is 1. The van der Waals surface area contributed by atoms with Gasteiger partial charge in [0.2, 0.25) is 5.88 Å². The van der Waals surface area contributed by atoms with E-state index in [4.69, 9.17) is 4.74 Å². The van der Waals surface area contributed by atoms with Crippen molar-refractivity contribution in [3.05, 3.63) is 53.5 Å². The molecule has 0 atom stereocenters. The summed E-state index contributed by atoms with van der Waals surface area (Å²) in [5, 5.41) is 0.942. The molecule has 0 amide bonds. The maximum atomic E-state index is 11.7. The molecule has 1 aliphatic rings. The van der Waals surface area contributed by atoms with Gasteiger partial charge >= 0.3 is 5.69 Å². The lowest BCUT2D eigenvalue weighted by Gasteiger charge is -2.36. The Labute approximate surface area is 169 Å². The molecule has 4 rings (SSSR count). The fourth-order valence-electron chi connectivity index (χ4n) is 3.57. The van der Waals surface area contributed by atoms with Crippen molar-refractivity contribution in [2.24, 2.45) is 0 Å². The van der Waals surface area contributed by atoms with Gasteiger partial charge in [-0.3, -0.25) is 9.47 Å². The molecule has 0 saturated carbocycles. The fourth-order valence-corrected chi connectivity index (χ4v) is 3.57. The summed E-state index contributed by atoms with van der Waals surface area (Å²) in [6.45, 7) is 9.27. The second-order valence-corrected chi connectivity index (χ2v) is 7.47. The van der Waals surface area contributed by atoms with Crippen LogP contribution in [0.4, 0.5) is 5.69 Å². The van der Waals surface area contributed by atoms with Crippen molar-refractivity contribution in [3.8, 4) is 5.88 Å². The highest BCUT2D eigenvalue weighted by Crippen LogP contribution is 2.27. The summed E-state index contributed by atoms with van der Waals surface area (Å²) >= 11 is 0. The molecule has 1 fully saturated rings. The van der Waals surface area contributed by atoms with Crippen LogP contribution in [-0.4, -0.2) is 63.2 Å². The van der Waals surface area contributed by atoms with E-state index in [9.17, 15) is 4.79 Å². The summed E-state index contributed by atoms with van der Waals surface area (Å²) in [5.41, 5.74) is 1.85. The number of anilines is 1. The highest BCUT2D eigenvalue weighted by atomic mass is 16.5. The van der Waals surface area contributed by atoms with E-state index in [1.54, 1.807) is 23.2 Å². The molecule has 8 heteroatoms. The van der Waals surface area contributed by atoms with Crippen molar-refractivity contribution in [2.45, 2.75) is 26.5 Å². The van der Waals surface area contributed by atoms with Gasteiger partial charge in [-0.1, -0.05) is 0 Å². The molecule has 152 valence electrons. The molecule has 29 heavy (non-hydrogen) atoms. The first-order valence-corrected chi connectivity index (χ1v) is 10.0. The van der Waals surface area contributed by atoms with Gasteiger partial charge in [0, 0.05) is 57.3 Å². The van der Waals surface area contributed by atoms with Crippen LogP contribution in [0.25, 0.3) is 10.9 Å².